The van der Waals surface area contributed by atoms with Gasteiger partial charge in [0.2, 0.25) is 5.92 Å². The Morgan fingerprint density at radius 1 is 1.54 bits per heavy atom. The van der Waals surface area contributed by atoms with Crippen molar-refractivity contribution in [1.82, 2.24) is 0 Å². The molecule has 0 fully saturated rings. The molecule has 0 aliphatic rings. The van der Waals surface area contributed by atoms with Crippen molar-refractivity contribution in [3.63, 3.8) is 0 Å². The Bertz CT molecular complexity index is 188. The van der Waals surface area contributed by atoms with Crippen LogP contribution in [0.25, 0.3) is 0 Å². The molecule has 0 aliphatic carbocycles. The van der Waals surface area contributed by atoms with Crippen LogP contribution in [-0.2, 0) is 0 Å². The standard InChI is InChI=1S/C9H16F2N2/c1-3-9(10,11)6-4-5-7-13-8(2)12/h7,12H,3-6H2,1-2H3. The summed E-state index contributed by atoms with van der Waals surface area (Å²) in [5.41, 5.74) is 0. The molecule has 0 unspecified atom stereocenters. The number of rotatable bonds is 5. The predicted molar refractivity (Wildman–Crippen MR) is 51.0 cm³/mol. The van der Waals surface area contributed by atoms with E-state index in [0.29, 0.717) is 12.8 Å². The predicted octanol–water partition coefficient (Wildman–Crippen LogP) is 3.27. The minimum Gasteiger partial charge on any atom is -0.287 e. The highest BCUT2D eigenvalue weighted by Crippen LogP contribution is 2.24. The van der Waals surface area contributed by atoms with Crippen molar-refractivity contribution in [3.05, 3.63) is 0 Å². The Kier molecular flexibility index (Phi) is 5.42. The van der Waals surface area contributed by atoms with Gasteiger partial charge in [-0.3, -0.25) is 5.41 Å². The molecule has 0 aliphatic heterocycles. The zero-order valence-corrected chi connectivity index (χ0v) is 8.11. The summed E-state index contributed by atoms with van der Waals surface area (Å²) in [4.78, 5) is 3.68. The number of halogens is 2. The molecule has 1 N–H and O–H groups in total. The lowest BCUT2D eigenvalue weighted by Gasteiger charge is -2.11. The maximum absolute atomic E-state index is 12.7. The third kappa shape index (κ3) is 7.56. The van der Waals surface area contributed by atoms with Crippen molar-refractivity contribution in [2.45, 2.75) is 45.5 Å². The Morgan fingerprint density at radius 3 is 2.62 bits per heavy atom. The first-order valence-electron chi connectivity index (χ1n) is 4.43. The molecule has 0 radical (unpaired) electrons. The number of nitrogens with one attached hydrogen (secondary N) is 1. The molecule has 0 saturated carbocycles. The Labute approximate surface area is 77.6 Å². The van der Waals surface area contributed by atoms with Gasteiger partial charge < -0.3 is 0 Å². The maximum Gasteiger partial charge on any atom is 0.247 e. The zero-order chi connectivity index (χ0) is 10.3. The molecule has 76 valence electrons. The van der Waals surface area contributed by atoms with Crippen molar-refractivity contribution in [3.8, 4) is 0 Å². The number of alkyl halides is 2. The molecule has 0 heterocycles. The van der Waals surface area contributed by atoms with Crippen LogP contribution in [0.15, 0.2) is 4.99 Å². The number of nitrogens with zero attached hydrogens (tertiary/aromatic N) is 1. The fourth-order valence-corrected chi connectivity index (χ4v) is 0.830. The topological polar surface area (TPSA) is 36.2 Å². The van der Waals surface area contributed by atoms with E-state index >= 15 is 0 Å². The van der Waals surface area contributed by atoms with Gasteiger partial charge in [0.1, 0.15) is 5.84 Å². The van der Waals surface area contributed by atoms with Gasteiger partial charge in [0, 0.05) is 19.1 Å². The van der Waals surface area contributed by atoms with Gasteiger partial charge in [-0.05, 0) is 19.8 Å². The zero-order valence-electron chi connectivity index (χ0n) is 8.11. The van der Waals surface area contributed by atoms with E-state index in [2.05, 4.69) is 4.99 Å². The first-order valence-corrected chi connectivity index (χ1v) is 4.43. The fraction of sp³-hybridized carbons (Fsp3) is 0.778. The van der Waals surface area contributed by atoms with Crippen molar-refractivity contribution < 1.29 is 8.78 Å². The molecule has 0 aromatic carbocycles. The molecule has 0 saturated heterocycles. The van der Waals surface area contributed by atoms with Gasteiger partial charge in [-0.15, -0.1) is 0 Å². The monoisotopic (exact) mass is 190 g/mol. The van der Waals surface area contributed by atoms with Gasteiger partial charge in [-0.25, -0.2) is 13.8 Å². The van der Waals surface area contributed by atoms with Crippen LogP contribution >= 0.6 is 0 Å². The van der Waals surface area contributed by atoms with Gasteiger partial charge in [-0.2, -0.15) is 0 Å². The number of hydrogen-bond donors (Lipinski definition) is 1. The van der Waals surface area contributed by atoms with Crippen LogP contribution in [0, 0.1) is 5.41 Å². The highest BCUT2D eigenvalue weighted by molar-refractivity contribution is 5.84. The van der Waals surface area contributed by atoms with Crippen LogP contribution in [0.2, 0.25) is 0 Å². The summed E-state index contributed by atoms with van der Waals surface area (Å²) in [5.74, 6) is -2.32. The number of amidine groups is 1. The van der Waals surface area contributed by atoms with Crippen molar-refractivity contribution in [1.29, 1.82) is 5.41 Å². The molecular weight excluding hydrogens is 174 g/mol. The van der Waals surface area contributed by atoms with E-state index in [-0.39, 0.29) is 18.7 Å². The van der Waals surface area contributed by atoms with Crippen molar-refractivity contribution >= 4 is 12.1 Å². The van der Waals surface area contributed by atoms with Gasteiger partial charge in [0.25, 0.3) is 0 Å². The molecule has 0 aromatic rings. The molecule has 0 rings (SSSR count). The molecule has 0 bridgehead atoms. The highest BCUT2D eigenvalue weighted by atomic mass is 19.3. The molecular formula is C9H16F2N2. The Hall–Kier alpha value is -0.800. The van der Waals surface area contributed by atoms with Crippen LogP contribution in [0.3, 0.4) is 0 Å². The second-order valence-corrected chi connectivity index (χ2v) is 3.00. The van der Waals surface area contributed by atoms with Gasteiger partial charge >= 0.3 is 0 Å². The minimum atomic E-state index is -2.53. The summed E-state index contributed by atoms with van der Waals surface area (Å²) >= 11 is 0. The molecule has 0 amide bonds. The van der Waals surface area contributed by atoms with Crippen LogP contribution < -0.4 is 0 Å². The van der Waals surface area contributed by atoms with Crippen LogP contribution in [0.5, 0.6) is 0 Å². The van der Waals surface area contributed by atoms with Crippen molar-refractivity contribution in [2.75, 3.05) is 0 Å². The van der Waals surface area contributed by atoms with E-state index in [0.717, 1.165) is 0 Å². The Morgan fingerprint density at radius 2 is 2.15 bits per heavy atom. The van der Waals surface area contributed by atoms with E-state index in [4.69, 9.17) is 5.41 Å². The summed E-state index contributed by atoms with van der Waals surface area (Å²) in [7, 11) is 0. The average molecular weight is 190 g/mol. The summed E-state index contributed by atoms with van der Waals surface area (Å²) in [6, 6.07) is 0. The summed E-state index contributed by atoms with van der Waals surface area (Å²) < 4.78 is 25.3. The quantitative estimate of drug-likeness (QED) is 0.392. The smallest absolute Gasteiger partial charge is 0.247 e. The third-order valence-corrected chi connectivity index (χ3v) is 1.68. The number of aliphatic imine (C=N–C) groups is 1. The summed E-state index contributed by atoms with van der Waals surface area (Å²) in [5, 5.41) is 6.94. The summed E-state index contributed by atoms with van der Waals surface area (Å²) in [6.45, 7) is 3.03. The van der Waals surface area contributed by atoms with Gasteiger partial charge in [-0.1, -0.05) is 6.92 Å². The highest BCUT2D eigenvalue weighted by Gasteiger charge is 2.24. The SMILES string of the molecule is CCC(F)(F)CCCC=NC(C)=N. The lowest BCUT2D eigenvalue weighted by Crippen LogP contribution is -2.13. The van der Waals surface area contributed by atoms with Crippen molar-refractivity contribution in [2.24, 2.45) is 4.99 Å². The lowest BCUT2D eigenvalue weighted by atomic mass is 10.1. The molecule has 0 aromatic heterocycles. The molecule has 13 heavy (non-hydrogen) atoms. The largest absolute Gasteiger partial charge is 0.287 e. The molecule has 4 heteroatoms. The fourth-order valence-electron chi connectivity index (χ4n) is 0.830. The van der Waals surface area contributed by atoms with E-state index in [1.54, 1.807) is 6.92 Å². The summed E-state index contributed by atoms with van der Waals surface area (Å²) in [6.07, 6.45) is 2.28. The molecule has 0 spiro atoms. The van der Waals surface area contributed by atoms with Crippen LogP contribution in [0.4, 0.5) is 8.78 Å². The third-order valence-electron chi connectivity index (χ3n) is 1.68. The second-order valence-electron chi connectivity index (χ2n) is 3.00. The van der Waals surface area contributed by atoms with E-state index in [1.165, 1.54) is 13.1 Å². The lowest BCUT2D eigenvalue weighted by molar-refractivity contribution is -0.0125. The normalized spacial score (nSPS) is 12.3. The van der Waals surface area contributed by atoms with E-state index in [9.17, 15) is 8.78 Å². The molecule has 0 atom stereocenters. The Balaban J connectivity index is 3.51. The minimum absolute atomic E-state index is 0.0907. The number of unbranched alkanes of at least 4 members (excludes halogenated alkanes) is 1. The van der Waals surface area contributed by atoms with Gasteiger partial charge in [0.05, 0.1) is 0 Å². The van der Waals surface area contributed by atoms with Crippen LogP contribution in [-0.4, -0.2) is 18.0 Å². The first-order chi connectivity index (χ1) is 5.98. The molecule has 2 nitrogen and oxygen atoms in total. The van der Waals surface area contributed by atoms with Crippen LogP contribution in [0.1, 0.15) is 39.5 Å². The van der Waals surface area contributed by atoms with E-state index in [1.807, 2.05) is 0 Å². The second kappa shape index (κ2) is 5.78. The van der Waals surface area contributed by atoms with E-state index < -0.39 is 5.92 Å². The maximum atomic E-state index is 12.7. The number of hydrogen-bond acceptors (Lipinski definition) is 1. The average Bonchev–Trinajstić information content (AvgIpc) is 2.03. The first kappa shape index (κ1) is 12.2. The van der Waals surface area contributed by atoms with Gasteiger partial charge in [0.15, 0.2) is 0 Å².